The molecule has 0 saturated heterocycles. The van der Waals surface area contributed by atoms with Crippen LogP contribution >= 0.6 is 11.6 Å². The van der Waals surface area contributed by atoms with E-state index in [9.17, 15) is 14.7 Å². The summed E-state index contributed by atoms with van der Waals surface area (Å²) in [7, 11) is 0. The SMILES string of the molecule is Cc1ccc2c(=O)c3ccc(Cl)cc3n([C@@H](C)C(=O)O)c2c1. The molecule has 0 fully saturated rings. The second-order valence-electron chi connectivity index (χ2n) is 5.40. The summed E-state index contributed by atoms with van der Waals surface area (Å²) in [6, 6.07) is 9.53. The van der Waals surface area contributed by atoms with Crippen LogP contribution in [0.1, 0.15) is 18.5 Å². The van der Waals surface area contributed by atoms with Crippen LogP contribution in [-0.2, 0) is 4.79 Å². The van der Waals surface area contributed by atoms with E-state index in [4.69, 9.17) is 11.6 Å². The van der Waals surface area contributed by atoms with Gasteiger partial charge >= 0.3 is 5.97 Å². The maximum atomic E-state index is 12.7. The Labute approximate surface area is 131 Å². The number of pyridine rings is 1. The van der Waals surface area contributed by atoms with Crippen LogP contribution in [0.2, 0.25) is 5.02 Å². The van der Waals surface area contributed by atoms with Crippen LogP contribution in [-0.4, -0.2) is 15.6 Å². The molecule has 3 rings (SSSR count). The zero-order valence-corrected chi connectivity index (χ0v) is 12.9. The van der Waals surface area contributed by atoms with Crippen LogP contribution in [0, 0.1) is 6.92 Å². The summed E-state index contributed by atoms with van der Waals surface area (Å²) in [5.41, 5.74) is 1.98. The predicted molar refractivity (Wildman–Crippen MR) is 87.8 cm³/mol. The molecular weight excluding hydrogens is 302 g/mol. The molecule has 1 aromatic heterocycles. The molecule has 2 aromatic carbocycles. The molecule has 0 unspecified atom stereocenters. The number of carboxylic acids is 1. The molecule has 112 valence electrons. The number of aliphatic carboxylic acids is 1. The van der Waals surface area contributed by atoms with Crippen molar-refractivity contribution in [2.75, 3.05) is 0 Å². The fraction of sp³-hybridized carbons (Fsp3) is 0.176. The number of hydrogen-bond donors (Lipinski definition) is 1. The van der Waals surface area contributed by atoms with E-state index in [-0.39, 0.29) is 5.43 Å². The molecule has 0 aliphatic rings. The molecule has 4 nitrogen and oxygen atoms in total. The number of hydrogen-bond acceptors (Lipinski definition) is 2. The quantitative estimate of drug-likeness (QED) is 0.732. The van der Waals surface area contributed by atoms with E-state index in [1.165, 1.54) is 0 Å². The lowest BCUT2D eigenvalue weighted by Gasteiger charge is -2.19. The van der Waals surface area contributed by atoms with E-state index in [2.05, 4.69) is 0 Å². The molecule has 0 bridgehead atoms. The molecule has 0 saturated carbocycles. The van der Waals surface area contributed by atoms with Crippen molar-refractivity contribution in [2.45, 2.75) is 19.9 Å². The smallest absolute Gasteiger partial charge is 0.326 e. The third kappa shape index (κ3) is 2.16. The van der Waals surface area contributed by atoms with Gasteiger partial charge in [0.25, 0.3) is 0 Å². The Kier molecular flexibility index (Phi) is 3.41. The molecular formula is C17H14ClNO3. The summed E-state index contributed by atoms with van der Waals surface area (Å²) in [5, 5.41) is 10.9. The van der Waals surface area contributed by atoms with Crippen molar-refractivity contribution in [3.8, 4) is 0 Å². The third-order valence-electron chi connectivity index (χ3n) is 3.87. The van der Waals surface area contributed by atoms with Crippen LogP contribution in [0.5, 0.6) is 0 Å². The molecule has 1 heterocycles. The average molecular weight is 316 g/mol. The second kappa shape index (κ2) is 5.14. The number of carbonyl (C=O) groups is 1. The molecule has 5 heteroatoms. The van der Waals surface area contributed by atoms with Gasteiger partial charge in [-0.25, -0.2) is 4.79 Å². The Hall–Kier alpha value is -2.33. The first kappa shape index (κ1) is 14.6. The van der Waals surface area contributed by atoms with Crippen molar-refractivity contribution in [1.29, 1.82) is 0 Å². The van der Waals surface area contributed by atoms with Crippen molar-refractivity contribution in [2.24, 2.45) is 0 Å². The van der Waals surface area contributed by atoms with Crippen LogP contribution in [0.25, 0.3) is 21.8 Å². The monoisotopic (exact) mass is 315 g/mol. The van der Waals surface area contributed by atoms with E-state index < -0.39 is 12.0 Å². The first-order chi connectivity index (χ1) is 10.4. The fourth-order valence-corrected chi connectivity index (χ4v) is 2.90. The van der Waals surface area contributed by atoms with E-state index in [1.807, 2.05) is 19.1 Å². The number of aromatic nitrogens is 1. The minimum atomic E-state index is -0.965. The summed E-state index contributed by atoms with van der Waals surface area (Å²) in [4.78, 5) is 24.2. The highest BCUT2D eigenvalue weighted by Crippen LogP contribution is 2.26. The Morgan fingerprint density at radius 2 is 1.73 bits per heavy atom. The van der Waals surface area contributed by atoms with E-state index >= 15 is 0 Å². The highest BCUT2D eigenvalue weighted by atomic mass is 35.5. The number of halogens is 1. The highest BCUT2D eigenvalue weighted by molar-refractivity contribution is 6.31. The fourth-order valence-electron chi connectivity index (χ4n) is 2.73. The lowest BCUT2D eigenvalue weighted by Crippen LogP contribution is -2.20. The minimum absolute atomic E-state index is 0.115. The van der Waals surface area contributed by atoms with Crippen LogP contribution < -0.4 is 5.43 Å². The molecule has 22 heavy (non-hydrogen) atoms. The van der Waals surface area contributed by atoms with Gasteiger partial charge in [0.1, 0.15) is 6.04 Å². The number of nitrogens with zero attached hydrogens (tertiary/aromatic N) is 1. The van der Waals surface area contributed by atoms with Crippen molar-refractivity contribution in [3.63, 3.8) is 0 Å². The molecule has 0 radical (unpaired) electrons. The lowest BCUT2D eigenvalue weighted by atomic mass is 10.1. The van der Waals surface area contributed by atoms with Gasteiger partial charge in [0.05, 0.1) is 11.0 Å². The summed E-state index contributed by atoms with van der Waals surface area (Å²) >= 11 is 6.05. The minimum Gasteiger partial charge on any atom is -0.480 e. The van der Waals surface area contributed by atoms with Gasteiger partial charge in [-0.05, 0) is 49.7 Å². The molecule has 1 atom stereocenters. The van der Waals surface area contributed by atoms with Gasteiger partial charge in [0.15, 0.2) is 5.43 Å². The van der Waals surface area contributed by atoms with E-state index in [0.717, 1.165) is 5.56 Å². The predicted octanol–water partition coefficient (Wildman–Crippen LogP) is 3.76. The van der Waals surface area contributed by atoms with E-state index in [1.54, 1.807) is 35.8 Å². The first-order valence-corrected chi connectivity index (χ1v) is 7.25. The van der Waals surface area contributed by atoms with E-state index in [0.29, 0.717) is 26.8 Å². The molecule has 0 aliphatic heterocycles. The maximum absolute atomic E-state index is 12.7. The topological polar surface area (TPSA) is 59.3 Å². The van der Waals surface area contributed by atoms with Gasteiger partial charge < -0.3 is 9.67 Å². The third-order valence-corrected chi connectivity index (χ3v) is 4.10. The van der Waals surface area contributed by atoms with Crippen LogP contribution in [0.15, 0.2) is 41.2 Å². The molecule has 3 aromatic rings. The molecule has 0 spiro atoms. The highest BCUT2D eigenvalue weighted by Gasteiger charge is 2.19. The van der Waals surface area contributed by atoms with Gasteiger partial charge in [0.2, 0.25) is 0 Å². The van der Waals surface area contributed by atoms with Crippen LogP contribution in [0.3, 0.4) is 0 Å². The number of fused-ring (bicyclic) bond motifs is 2. The zero-order valence-electron chi connectivity index (χ0n) is 12.1. The van der Waals surface area contributed by atoms with Gasteiger partial charge in [-0.2, -0.15) is 0 Å². The van der Waals surface area contributed by atoms with Crippen molar-refractivity contribution in [3.05, 3.63) is 57.2 Å². The number of carboxylic acid groups (broad SMARTS) is 1. The van der Waals surface area contributed by atoms with Gasteiger partial charge in [-0.15, -0.1) is 0 Å². The van der Waals surface area contributed by atoms with Gasteiger partial charge in [-0.1, -0.05) is 17.7 Å². The summed E-state index contributed by atoms with van der Waals surface area (Å²) in [6.45, 7) is 3.50. The largest absolute Gasteiger partial charge is 0.480 e. The first-order valence-electron chi connectivity index (χ1n) is 6.87. The lowest BCUT2D eigenvalue weighted by molar-refractivity contribution is -0.140. The van der Waals surface area contributed by atoms with Crippen molar-refractivity contribution < 1.29 is 9.90 Å². The second-order valence-corrected chi connectivity index (χ2v) is 5.83. The number of rotatable bonds is 2. The molecule has 1 N–H and O–H groups in total. The van der Waals surface area contributed by atoms with Gasteiger partial charge in [0, 0.05) is 15.8 Å². The van der Waals surface area contributed by atoms with Gasteiger partial charge in [-0.3, -0.25) is 4.79 Å². The maximum Gasteiger partial charge on any atom is 0.326 e. The summed E-state index contributed by atoms with van der Waals surface area (Å²) in [5.74, 6) is -0.965. The standard InChI is InChI=1S/C17H14ClNO3/c1-9-3-5-12-14(7-9)19(10(2)17(21)22)15-8-11(18)4-6-13(15)16(12)20/h3-8,10H,1-2H3,(H,21,22)/t10-/m0/s1. The summed E-state index contributed by atoms with van der Waals surface area (Å²) < 4.78 is 1.66. The average Bonchev–Trinajstić information content (AvgIpc) is 2.46. The normalized spacial score (nSPS) is 12.7. The number of benzene rings is 2. The van der Waals surface area contributed by atoms with Crippen LogP contribution in [0.4, 0.5) is 0 Å². The Morgan fingerprint density at radius 3 is 2.36 bits per heavy atom. The van der Waals surface area contributed by atoms with Crippen molar-refractivity contribution in [1.82, 2.24) is 4.57 Å². The Balaban J connectivity index is 2.62. The zero-order chi connectivity index (χ0) is 16.0. The Morgan fingerprint density at radius 1 is 1.14 bits per heavy atom. The summed E-state index contributed by atoms with van der Waals surface area (Å²) in [6.07, 6.45) is 0. The molecule has 0 amide bonds. The Bertz CT molecular complexity index is 909. The number of aryl methyl sites for hydroxylation is 1. The molecule has 0 aliphatic carbocycles. The van der Waals surface area contributed by atoms with Crippen molar-refractivity contribution >= 4 is 39.4 Å².